The van der Waals surface area contributed by atoms with E-state index < -0.39 is 28.2 Å². The number of allylic oxidation sites excluding steroid dienone is 1. The summed E-state index contributed by atoms with van der Waals surface area (Å²) in [6.07, 6.45) is 4.67. The fourth-order valence-electron chi connectivity index (χ4n) is 8.02. The van der Waals surface area contributed by atoms with Gasteiger partial charge in [-0.15, -0.1) is 0 Å². The lowest BCUT2D eigenvalue weighted by atomic mass is 9.80. The molecule has 3 aliphatic rings. The van der Waals surface area contributed by atoms with Crippen LogP contribution in [0.15, 0.2) is 27.3 Å². The van der Waals surface area contributed by atoms with Crippen LogP contribution in [0.3, 0.4) is 0 Å². The molecule has 1 atom stereocenters. The van der Waals surface area contributed by atoms with E-state index in [-0.39, 0.29) is 47.1 Å². The van der Waals surface area contributed by atoms with Crippen molar-refractivity contribution in [1.29, 1.82) is 0 Å². The van der Waals surface area contributed by atoms with Crippen molar-refractivity contribution in [2.24, 2.45) is 0 Å². The van der Waals surface area contributed by atoms with Crippen molar-refractivity contribution in [3.8, 4) is 23.0 Å². The Balaban J connectivity index is 1.77. The van der Waals surface area contributed by atoms with Gasteiger partial charge in [-0.2, -0.15) is 0 Å². The smallest absolute Gasteiger partial charge is 0.194 e. The van der Waals surface area contributed by atoms with Crippen LogP contribution in [0.5, 0.6) is 23.0 Å². The van der Waals surface area contributed by atoms with E-state index in [4.69, 9.17) is 14.2 Å². The molecule has 0 amide bonds. The number of hydrogen-bond donors (Lipinski definition) is 5. The average molecular weight is 653 g/mol. The number of phenolic OH excluding ortho intramolecular Hbond substituents is 1. The maximum absolute atomic E-state index is 14.4. The zero-order chi connectivity index (χ0) is 34.0. The molecule has 5 N–H and O–H groups in total. The van der Waals surface area contributed by atoms with Crippen molar-refractivity contribution < 1.29 is 34.3 Å². The van der Waals surface area contributed by atoms with Crippen LogP contribution in [0, 0.1) is 0 Å². The highest BCUT2D eigenvalue weighted by Crippen LogP contribution is 2.59. The first-order chi connectivity index (χ1) is 23.0. The third kappa shape index (κ3) is 3.85. The topological polar surface area (TPSA) is 164 Å². The predicted octanol–water partition coefficient (Wildman–Crippen LogP) is 4.59. The minimum absolute atomic E-state index is 0.00342. The molecule has 5 aromatic rings. The molecule has 5 aromatic carbocycles. The summed E-state index contributed by atoms with van der Waals surface area (Å²) < 4.78 is 17.5. The van der Waals surface area contributed by atoms with Gasteiger partial charge in [0, 0.05) is 50.2 Å². The molecule has 2 saturated carbocycles. The monoisotopic (exact) mass is 652 g/mol. The van der Waals surface area contributed by atoms with Crippen molar-refractivity contribution in [3.63, 3.8) is 0 Å². The number of nitrogens with one attached hydrogen (secondary N) is 2. The van der Waals surface area contributed by atoms with E-state index >= 15 is 0 Å². The van der Waals surface area contributed by atoms with Gasteiger partial charge in [-0.3, -0.25) is 14.4 Å². The molecule has 3 aliphatic carbocycles. The molecule has 1 unspecified atom stereocenters. The lowest BCUT2D eigenvalue weighted by molar-refractivity contribution is -0.117. The van der Waals surface area contributed by atoms with Gasteiger partial charge < -0.3 is 40.2 Å². The number of ether oxygens (including phenoxy) is 3. The SMILES string of the molecule is COc1c(O)c2c(=O)cc(OC)c3c4c(OC)cc(=O)c5c(NC6(CO)CC6)c(NC6(CO)CC6)c6c(c(c1C(C(C)=O)C(C)=C6)c23)c54. The van der Waals surface area contributed by atoms with Crippen molar-refractivity contribution in [3.05, 3.63) is 49.3 Å². The molecule has 0 aromatic heterocycles. The van der Waals surface area contributed by atoms with Crippen LogP contribution >= 0.6 is 0 Å². The number of phenols is 1. The first-order valence-electron chi connectivity index (χ1n) is 16.0. The van der Waals surface area contributed by atoms with Gasteiger partial charge in [0.25, 0.3) is 0 Å². The maximum Gasteiger partial charge on any atom is 0.194 e. The maximum atomic E-state index is 14.4. The molecule has 48 heavy (non-hydrogen) atoms. The minimum atomic E-state index is -0.884. The van der Waals surface area contributed by atoms with Crippen LogP contribution in [-0.2, 0) is 4.79 Å². The standard InChI is InChI=1S/C37H36N2O9/c1-15-10-17-23-28-24(33(39-37(14-41)8-9-37)32(17)38-36(13-40)6-7-36)18(43)11-20(46-3)26(28)27-21(47-4)12-19(44)25-30(27)29(23)31(22(15)16(2)42)35(48-5)34(25)45/h10-12,22,38-41,45H,6-9,13-14H2,1-5H3. The van der Waals surface area contributed by atoms with Crippen LogP contribution in [0.2, 0.25) is 0 Å². The first-order valence-corrected chi connectivity index (χ1v) is 16.0. The minimum Gasteiger partial charge on any atom is -0.504 e. The molecule has 2 fully saturated rings. The fourth-order valence-corrected chi connectivity index (χ4v) is 8.02. The lowest BCUT2D eigenvalue weighted by Gasteiger charge is -2.29. The highest BCUT2D eigenvalue weighted by atomic mass is 16.5. The highest BCUT2D eigenvalue weighted by Gasteiger charge is 2.47. The number of ketones is 1. The molecular formula is C37H36N2O9. The third-order valence-electron chi connectivity index (χ3n) is 10.8. The number of fused-ring (bicyclic) bond motifs is 1. The Morgan fingerprint density at radius 1 is 0.771 bits per heavy atom. The highest BCUT2D eigenvalue weighted by molar-refractivity contribution is 6.40. The lowest BCUT2D eigenvalue weighted by Crippen LogP contribution is -2.30. The van der Waals surface area contributed by atoms with Crippen molar-refractivity contribution in [2.75, 3.05) is 45.2 Å². The Morgan fingerprint density at radius 2 is 1.29 bits per heavy atom. The van der Waals surface area contributed by atoms with Crippen LogP contribution in [0.4, 0.5) is 11.4 Å². The van der Waals surface area contributed by atoms with Crippen LogP contribution < -0.4 is 35.7 Å². The van der Waals surface area contributed by atoms with Gasteiger partial charge >= 0.3 is 0 Å². The molecule has 0 spiro atoms. The number of anilines is 2. The largest absolute Gasteiger partial charge is 0.504 e. The Hall–Kier alpha value is -4.87. The number of rotatable bonds is 10. The van der Waals surface area contributed by atoms with Crippen molar-refractivity contribution in [1.82, 2.24) is 0 Å². The van der Waals surface area contributed by atoms with Gasteiger partial charge in [0.05, 0.1) is 73.7 Å². The Kier molecular flexibility index (Phi) is 6.39. The zero-order valence-electron chi connectivity index (χ0n) is 27.3. The zero-order valence-corrected chi connectivity index (χ0v) is 27.3. The van der Waals surface area contributed by atoms with Crippen LogP contribution in [-0.4, -0.2) is 66.7 Å². The number of aliphatic hydroxyl groups is 2. The normalized spacial score (nSPS) is 18.7. The quantitative estimate of drug-likeness (QED) is 0.106. The fraction of sp³-hybridized carbons (Fsp3) is 0.378. The summed E-state index contributed by atoms with van der Waals surface area (Å²) in [5.41, 5.74) is 0.520. The van der Waals surface area contributed by atoms with Gasteiger partial charge in [-0.25, -0.2) is 0 Å². The second kappa shape index (κ2) is 10.1. The van der Waals surface area contributed by atoms with E-state index in [1.165, 1.54) is 40.4 Å². The van der Waals surface area contributed by atoms with E-state index in [0.717, 1.165) is 0 Å². The predicted molar refractivity (Wildman–Crippen MR) is 185 cm³/mol. The van der Waals surface area contributed by atoms with Gasteiger partial charge in [-0.1, -0.05) is 11.6 Å². The second-order valence-corrected chi connectivity index (χ2v) is 13.7. The first kappa shape index (κ1) is 30.5. The van der Waals surface area contributed by atoms with E-state index in [1.807, 2.05) is 13.0 Å². The van der Waals surface area contributed by atoms with E-state index in [9.17, 15) is 29.7 Å². The van der Waals surface area contributed by atoms with Crippen LogP contribution in [0.25, 0.3) is 49.2 Å². The summed E-state index contributed by atoms with van der Waals surface area (Å²) in [4.78, 5) is 41.9. The molecule has 8 rings (SSSR count). The number of hydrogen-bond acceptors (Lipinski definition) is 11. The summed E-state index contributed by atoms with van der Waals surface area (Å²) in [6.45, 7) is 2.99. The second-order valence-electron chi connectivity index (χ2n) is 13.7. The van der Waals surface area contributed by atoms with Crippen LogP contribution in [0.1, 0.15) is 56.6 Å². The molecule has 0 aliphatic heterocycles. The Bertz CT molecular complexity index is 2390. The van der Waals surface area contributed by atoms with Gasteiger partial charge in [0.2, 0.25) is 0 Å². The number of carbonyl (C=O) groups excluding carboxylic acids is 1. The van der Waals surface area contributed by atoms with Gasteiger partial charge in [-0.05, 0) is 44.9 Å². The summed E-state index contributed by atoms with van der Waals surface area (Å²) in [5.74, 6) is -1.04. The van der Waals surface area contributed by atoms with E-state index in [0.29, 0.717) is 91.5 Å². The van der Waals surface area contributed by atoms with E-state index in [1.54, 1.807) is 0 Å². The molecule has 0 saturated heterocycles. The summed E-state index contributed by atoms with van der Waals surface area (Å²) in [5, 5.41) is 43.1. The summed E-state index contributed by atoms with van der Waals surface area (Å²) >= 11 is 0. The number of benzene rings is 5. The molecule has 11 nitrogen and oxygen atoms in total. The molecule has 11 heteroatoms. The molecule has 0 radical (unpaired) electrons. The number of aliphatic hydroxyl groups excluding tert-OH is 2. The van der Waals surface area contributed by atoms with E-state index in [2.05, 4.69) is 10.6 Å². The average Bonchev–Trinajstić information content (AvgIpc) is 4.00. The number of carbonyl (C=O) groups is 1. The van der Waals surface area contributed by atoms with Crippen molar-refractivity contribution in [2.45, 2.75) is 56.5 Å². The van der Waals surface area contributed by atoms with Crippen molar-refractivity contribution >= 4 is 66.3 Å². The Morgan fingerprint density at radius 3 is 1.77 bits per heavy atom. The number of methoxy groups -OCH3 is 3. The Labute approximate surface area is 274 Å². The number of Topliss-reactive ketones (excluding diaryl/α,β-unsaturated/α-hetero) is 1. The summed E-state index contributed by atoms with van der Waals surface area (Å²) in [6, 6.07) is 2.70. The molecule has 0 bridgehead atoms. The molecule has 248 valence electrons. The van der Waals surface area contributed by atoms with Gasteiger partial charge in [0.15, 0.2) is 22.4 Å². The molecular weight excluding hydrogens is 616 g/mol. The number of aromatic hydroxyl groups is 1. The molecule has 0 heterocycles. The third-order valence-corrected chi connectivity index (χ3v) is 10.8. The summed E-state index contributed by atoms with van der Waals surface area (Å²) in [7, 11) is 4.29. The van der Waals surface area contributed by atoms with Gasteiger partial charge in [0.1, 0.15) is 17.3 Å².